The predicted molar refractivity (Wildman–Crippen MR) is 107 cm³/mol. The maximum Gasteiger partial charge on any atom is 0.191 e. The number of guanidine groups is 1. The number of phenolic OH excluding ortho intramolecular Hbond substituents is 1. The quantitative estimate of drug-likeness (QED) is 0.511. The van der Waals surface area contributed by atoms with Gasteiger partial charge < -0.3 is 20.5 Å². The van der Waals surface area contributed by atoms with Crippen LogP contribution in [0.5, 0.6) is 11.5 Å². The lowest BCUT2D eigenvalue weighted by Gasteiger charge is -2.18. The number of hydrogen-bond donors (Lipinski definition) is 3. The van der Waals surface area contributed by atoms with E-state index in [-0.39, 0.29) is 17.6 Å². The lowest BCUT2D eigenvalue weighted by atomic mass is 10.1. The molecule has 0 amide bonds. The van der Waals surface area contributed by atoms with Crippen LogP contribution in [0, 0.1) is 12.7 Å². The number of aromatic hydroxyl groups is 1. The van der Waals surface area contributed by atoms with Crippen LogP contribution in [0.3, 0.4) is 0 Å². The molecule has 2 aromatic rings. The smallest absolute Gasteiger partial charge is 0.191 e. The van der Waals surface area contributed by atoms with Gasteiger partial charge in [0.25, 0.3) is 0 Å². The molecule has 0 spiro atoms. The van der Waals surface area contributed by atoms with Crippen molar-refractivity contribution in [3.8, 4) is 11.5 Å². The molecule has 0 bridgehead atoms. The zero-order valence-corrected chi connectivity index (χ0v) is 16.3. The van der Waals surface area contributed by atoms with E-state index in [4.69, 9.17) is 4.74 Å². The van der Waals surface area contributed by atoms with E-state index in [2.05, 4.69) is 15.6 Å². The van der Waals surface area contributed by atoms with Crippen LogP contribution in [0.1, 0.15) is 36.6 Å². The molecule has 1 unspecified atom stereocenters. The molecular weight excluding hydrogens is 345 g/mol. The van der Waals surface area contributed by atoms with Crippen molar-refractivity contribution in [2.45, 2.75) is 33.2 Å². The number of ether oxygens (including phenoxy) is 1. The third kappa shape index (κ3) is 5.88. The first kappa shape index (κ1) is 20.6. The van der Waals surface area contributed by atoms with E-state index < -0.39 is 0 Å². The van der Waals surface area contributed by atoms with Crippen LogP contribution in [-0.4, -0.2) is 31.3 Å². The second-order valence-electron chi connectivity index (χ2n) is 6.38. The summed E-state index contributed by atoms with van der Waals surface area (Å²) in [5, 5.41) is 16.5. The maximum atomic E-state index is 13.8. The number of rotatable bonds is 7. The summed E-state index contributed by atoms with van der Waals surface area (Å²) in [6, 6.07) is 10.4. The van der Waals surface area contributed by atoms with Gasteiger partial charge in [-0.1, -0.05) is 18.2 Å². The second-order valence-corrected chi connectivity index (χ2v) is 6.38. The lowest BCUT2D eigenvalue weighted by molar-refractivity contribution is 0.406. The fourth-order valence-electron chi connectivity index (χ4n) is 2.66. The maximum absolute atomic E-state index is 13.8. The number of halogens is 1. The van der Waals surface area contributed by atoms with Crippen molar-refractivity contribution < 1.29 is 14.2 Å². The molecule has 0 heterocycles. The Kier molecular flexibility index (Phi) is 7.46. The van der Waals surface area contributed by atoms with E-state index in [1.165, 1.54) is 0 Å². The Balaban J connectivity index is 2.01. The molecule has 1 atom stereocenters. The van der Waals surface area contributed by atoms with E-state index in [0.717, 1.165) is 11.1 Å². The van der Waals surface area contributed by atoms with Crippen molar-refractivity contribution in [1.29, 1.82) is 0 Å². The Morgan fingerprint density at radius 2 is 2.04 bits per heavy atom. The summed E-state index contributed by atoms with van der Waals surface area (Å²) in [5.41, 5.74) is 2.30. The molecule has 2 rings (SSSR count). The predicted octanol–water partition coefficient (Wildman–Crippen LogP) is 3.71. The molecule has 0 radical (unpaired) electrons. The van der Waals surface area contributed by atoms with Gasteiger partial charge in [0.2, 0.25) is 0 Å². The highest BCUT2D eigenvalue weighted by Crippen LogP contribution is 2.23. The minimum atomic E-state index is -0.210. The molecule has 0 saturated heterocycles. The van der Waals surface area contributed by atoms with Crippen LogP contribution in [-0.2, 0) is 6.42 Å². The SMILES string of the molecule is CCNC(=NCCc1ccc(OC)cc1O)NC(C)c1ccc(C)c(F)c1. The van der Waals surface area contributed by atoms with Crippen LogP contribution >= 0.6 is 0 Å². The molecule has 0 aliphatic heterocycles. The minimum Gasteiger partial charge on any atom is -0.508 e. The highest BCUT2D eigenvalue weighted by Gasteiger charge is 2.10. The van der Waals surface area contributed by atoms with E-state index in [1.54, 1.807) is 32.2 Å². The minimum absolute atomic E-state index is 0.0905. The number of benzene rings is 2. The van der Waals surface area contributed by atoms with Crippen LogP contribution in [0.25, 0.3) is 0 Å². The summed E-state index contributed by atoms with van der Waals surface area (Å²) >= 11 is 0. The average molecular weight is 373 g/mol. The molecule has 27 heavy (non-hydrogen) atoms. The molecule has 0 fully saturated rings. The number of nitrogens with zero attached hydrogens (tertiary/aromatic N) is 1. The number of nitrogens with one attached hydrogen (secondary N) is 2. The summed E-state index contributed by atoms with van der Waals surface area (Å²) in [7, 11) is 1.56. The lowest BCUT2D eigenvalue weighted by Crippen LogP contribution is -2.38. The molecule has 0 saturated carbocycles. The van der Waals surface area contributed by atoms with Gasteiger partial charge in [-0.3, -0.25) is 4.99 Å². The highest BCUT2D eigenvalue weighted by atomic mass is 19.1. The Morgan fingerprint density at radius 1 is 1.26 bits per heavy atom. The Bertz CT molecular complexity index is 793. The standard InChI is InChI=1S/C21H28FN3O2/c1-5-23-21(25-15(3)17-7-6-14(2)19(22)12-17)24-11-10-16-8-9-18(27-4)13-20(16)26/h6-9,12-13,15,26H,5,10-11H2,1-4H3,(H2,23,24,25). The largest absolute Gasteiger partial charge is 0.508 e. The third-order valence-electron chi connectivity index (χ3n) is 4.34. The van der Waals surface area contributed by atoms with E-state index in [9.17, 15) is 9.50 Å². The van der Waals surface area contributed by atoms with Crippen molar-refractivity contribution in [1.82, 2.24) is 10.6 Å². The van der Waals surface area contributed by atoms with Gasteiger partial charge in [-0.15, -0.1) is 0 Å². The van der Waals surface area contributed by atoms with Crippen LogP contribution in [0.4, 0.5) is 4.39 Å². The van der Waals surface area contributed by atoms with Crippen molar-refractivity contribution in [3.05, 3.63) is 58.9 Å². The highest BCUT2D eigenvalue weighted by molar-refractivity contribution is 5.80. The first-order chi connectivity index (χ1) is 12.9. The summed E-state index contributed by atoms with van der Waals surface area (Å²) in [6.45, 7) is 6.92. The van der Waals surface area contributed by atoms with E-state index in [1.807, 2.05) is 32.0 Å². The van der Waals surface area contributed by atoms with E-state index in [0.29, 0.717) is 36.8 Å². The van der Waals surface area contributed by atoms with Gasteiger partial charge in [0.1, 0.15) is 17.3 Å². The summed E-state index contributed by atoms with van der Waals surface area (Å²) in [4.78, 5) is 4.56. The fourth-order valence-corrected chi connectivity index (χ4v) is 2.66. The van der Waals surface area contributed by atoms with Crippen LogP contribution in [0.15, 0.2) is 41.4 Å². The molecule has 5 nitrogen and oxygen atoms in total. The Hall–Kier alpha value is -2.76. The first-order valence-corrected chi connectivity index (χ1v) is 9.11. The average Bonchev–Trinajstić information content (AvgIpc) is 2.65. The monoisotopic (exact) mass is 373 g/mol. The zero-order chi connectivity index (χ0) is 19.8. The number of methoxy groups -OCH3 is 1. The fraction of sp³-hybridized carbons (Fsp3) is 0.381. The molecular formula is C21H28FN3O2. The Morgan fingerprint density at radius 3 is 2.67 bits per heavy atom. The molecule has 6 heteroatoms. The van der Waals surface area contributed by atoms with Crippen molar-refractivity contribution >= 4 is 5.96 Å². The number of phenols is 1. The molecule has 146 valence electrons. The van der Waals surface area contributed by atoms with Crippen molar-refractivity contribution in [2.24, 2.45) is 4.99 Å². The van der Waals surface area contributed by atoms with E-state index >= 15 is 0 Å². The summed E-state index contributed by atoms with van der Waals surface area (Å²) < 4.78 is 18.9. The molecule has 0 aliphatic carbocycles. The first-order valence-electron chi connectivity index (χ1n) is 9.11. The molecule has 0 aliphatic rings. The summed E-state index contributed by atoms with van der Waals surface area (Å²) in [5.74, 6) is 1.26. The van der Waals surface area contributed by atoms with Gasteiger partial charge in [-0.05, 0) is 56.0 Å². The normalized spacial score (nSPS) is 12.6. The Labute approximate surface area is 160 Å². The van der Waals surface area contributed by atoms with Crippen LogP contribution in [0.2, 0.25) is 0 Å². The van der Waals surface area contributed by atoms with Crippen LogP contribution < -0.4 is 15.4 Å². The topological polar surface area (TPSA) is 65.9 Å². The van der Waals surface area contributed by atoms with Gasteiger partial charge >= 0.3 is 0 Å². The van der Waals surface area contributed by atoms with Gasteiger partial charge in [0.15, 0.2) is 5.96 Å². The number of aliphatic imine (C=N–C) groups is 1. The number of aryl methyl sites for hydroxylation is 1. The third-order valence-corrected chi connectivity index (χ3v) is 4.34. The second kappa shape index (κ2) is 9.80. The zero-order valence-electron chi connectivity index (χ0n) is 16.3. The molecule has 2 aromatic carbocycles. The van der Waals surface area contributed by atoms with Gasteiger partial charge in [0, 0.05) is 19.2 Å². The van der Waals surface area contributed by atoms with Gasteiger partial charge in [-0.25, -0.2) is 4.39 Å². The van der Waals surface area contributed by atoms with Gasteiger partial charge in [-0.2, -0.15) is 0 Å². The van der Waals surface area contributed by atoms with Crippen molar-refractivity contribution in [3.63, 3.8) is 0 Å². The van der Waals surface area contributed by atoms with Gasteiger partial charge in [0.05, 0.1) is 13.2 Å². The van der Waals surface area contributed by atoms with Crippen molar-refractivity contribution in [2.75, 3.05) is 20.2 Å². The summed E-state index contributed by atoms with van der Waals surface area (Å²) in [6.07, 6.45) is 0.597. The molecule has 3 N–H and O–H groups in total. The molecule has 0 aromatic heterocycles. The number of hydrogen-bond acceptors (Lipinski definition) is 3.